The number of ether oxygens (including phenoxy) is 1. The van der Waals surface area contributed by atoms with Crippen LogP contribution in [0.25, 0.3) is 0 Å². The molecule has 0 aliphatic carbocycles. The average Bonchev–Trinajstić information content (AvgIpc) is 2.19. The van der Waals surface area contributed by atoms with Gasteiger partial charge in [0.05, 0.1) is 23.6 Å². The SMILES string of the molecule is O=C(CI)OCCC1CCCC[NH2+]1. The molecule has 0 aromatic carbocycles. The summed E-state index contributed by atoms with van der Waals surface area (Å²) in [6.07, 6.45) is 4.97. The van der Waals surface area contributed by atoms with Crippen molar-refractivity contribution in [3.8, 4) is 0 Å². The number of rotatable bonds is 4. The maximum atomic E-state index is 10.8. The standard InChI is InChI=1S/C9H16INO2/c10-7-9(12)13-6-4-8-3-1-2-5-11-8/h8,11H,1-7H2/p+1. The van der Waals surface area contributed by atoms with Gasteiger partial charge in [0.15, 0.2) is 0 Å². The van der Waals surface area contributed by atoms with Crippen molar-refractivity contribution >= 4 is 28.6 Å². The van der Waals surface area contributed by atoms with Crippen molar-refractivity contribution in [3.63, 3.8) is 0 Å². The quantitative estimate of drug-likeness (QED) is 0.466. The van der Waals surface area contributed by atoms with Gasteiger partial charge in [-0.05, 0) is 19.3 Å². The molecule has 1 aliphatic rings. The van der Waals surface area contributed by atoms with E-state index in [-0.39, 0.29) is 5.97 Å². The van der Waals surface area contributed by atoms with Crippen LogP contribution in [0, 0.1) is 0 Å². The predicted octanol–water partition coefficient (Wildman–Crippen LogP) is 0.471. The second-order valence-electron chi connectivity index (χ2n) is 3.42. The number of piperidine rings is 1. The van der Waals surface area contributed by atoms with Gasteiger partial charge in [-0.1, -0.05) is 22.6 Å². The molecule has 1 heterocycles. The van der Waals surface area contributed by atoms with E-state index in [0.29, 0.717) is 17.1 Å². The lowest BCUT2D eigenvalue weighted by molar-refractivity contribution is -0.698. The van der Waals surface area contributed by atoms with Gasteiger partial charge in [0.25, 0.3) is 0 Å². The normalized spacial score (nSPS) is 22.7. The van der Waals surface area contributed by atoms with E-state index in [0.717, 1.165) is 6.42 Å². The Morgan fingerprint density at radius 2 is 2.38 bits per heavy atom. The molecule has 76 valence electrons. The first kappa shape index (κ1) is 11.2. The summed E-state index contributed by atoms with van der Waals surface area (Å²) in [5, 5.41) is 2.38. The molecule has 1 rings (SSSR count). The lowest BCUT2D eigenvalue weighted by atomic mass is 10.0. The molecular weight excluding hydrogens is 281 g/mol. The third-order valence-corrected chi connectivity index (χ3v) is 3.01. The fourth-order valence-electron chi connectivity index (χ4n) is 1.65. The maximum absolute atomic E-state index is 10.8. The number of halogens is 1. The number of hydrogen-bond acceptors (Lipinski definition) is 2. The summed E-state index contributed by atoms with van der Waals surface area (Å²) in [5.74, 6) is -0.0867. The van der Waals surface area contributed by atoms with Gasteiger partial charge in [0, 0.05) is 6.42 Å². The van der Waals surface area contributed by atoms with Gasteiger partial charge in [-0.3, -0.25) is 4.79 Å². The molecule has 0 spiro atoms. The maximum Gasteiger partial charge on any atom is 0.315 e. The van der Waals surface area contributed by atoms with Gasteiger partial charge in [-0.25, -0.2) is 0 Å². The number of alkyl halides is 1. The van der Waals surface area contributed by atoms with Crippen LogP contribution < -0.4 is 5.32 Å². The summed E-state index contributed by atoms with van der Waals surface area (Å²) in [6, 6.07) is 0.691. The lowest BCUT2D eigenvalue weighted by Crippen LogP contribution is -2.91. The van der Waals surface area contributed by atoms with Gasteiger partial charge >= 0.3 is 5.97 Å². The van der Waals surface area contributed by atoms with Gasteiger partial charge in [0.2, 0.25) is 0 Å². The summed E-state index contributed by atoms with van der Waals surface area (Å²) in [4.78, 5) is 10.8. The van der Waals surface area contributed by atoms with E-state index >= 15 is 0 Å². The van der Waals surface area contributed by atoms with Crippen LogP contribution in [-0.4, -0.2) is 29.6 Å². The average molecular weight is 298 g/mol. The lowest BCUT2D eigenvalue weighted by Gasteiger charge is -2.19. The van der Waals surface area contributed by atoms with Crippen LogP contribution in [0.4, 0.5) is 0 Å². The first-order chi connectivity index (χ1) is 6.33. The van der Waals surface area contributed by atoms with Gasteiger partial charge in [-0.15, -0.1) is 0 Å². The highest BCUT2D eigenvalue weighted by molar-refractivity contribution is 14.1. The third kappa shape index (κ3) is 4.81. The summed E-state index contributed by atoms with van der Waals surface area (Å²) in [7, 11) is 0. The zero-order valence-electron chi connectivity index (χ0n) is 7.80. The van der Waals surface area contributed by atoms with Crippen molar-refractivity contribution in [1.82, 2.24) is 0 Å². The Morgan fingerprint density at radius 1 is 1.54 bits per heavy atom. The fraction of sp³-hybridized carbons (Fsp3) is 0.889. The first-order valence-electron chi connectivity index (χ1n) is 4.88. The van der Waals surface area contributed by atoms with E-state index < -0.39 is 0 Å². The van der Waals surface area contributed by atoms with Crippen molar-refractivity contribution in [2.45, 2.75) is 31.7 Å². The minimum absolute atomic E-state index is 0.0867. The number of carbonyl (C=O) groups is 1. The number of esters is 1. The highest BCUT2D eigenvalue weighted by atomic mass is 127. The monoisotopic (exact) mass is 298 g/mol. The van der Waals surface area contributed by atoms with E-state index in [9.17, 15) is 4.79 Å². The van der Waals surface area contributed by atoms with E-state index in [1.807, 2.05) is 22.6 Å². The Hall–Kier alpha value is 0.160. The van der Waals surface area contributed by atoms with Crippen LogP contribution in [0.3, 0.4) is 0 Å². The Morgan fingerprint density at radius 3 is 3.00 bits per heavy atom. The zero-order valence-corrected chi connectivity index (χ0v) is 9.96. The van der Waals surface area contributed by atoms with Crippen molar-refractivity contribution in [2.24, 2.45) is 0 Å². The highest BCUT2D eigenvalue weighted by Crippen LogP contribution is 2.04. The number of hydrogen-bond donors (Lipinski definition) is 1. The van der Waals surface area contributed by atoms with Crippen molar-refractivity contribution in [1.29, 1.82) is 0 Å². The van der Waals surface area contributed by atoms with E-state index in [1.165, 1.54) is 25.8 Å². The molecule has 1 aliphatic heterocycles. The summed E-state index contributed by atoms with van der Waals surface area (Å²) in [6.45, 7) is 1.84. The van der Waals surface area contributed by atoms with Crippen LogP contribution in [-0.2, 0) is 9.53 Å². The third-order valence-electron chi connectivity index (χ3n) is 2.39. The molecule has 1 saturated heterocycles. The molecule has 0 radical (unpaired) electrons. The smallest absolute Gasteiger partial charge is 0.315 e. The minimum atomic E-state index is -0.0867. The van der Waals surface area contributed by atoms with Gasteiger partial charge < -0.3 is 10.1 Å². The molecular formula is C9H17INO2+. The van der Waals surface area contributed by atoms with E-state index in [1.54, 1.807) is 0 Å². The number of nitrogens with two attached hydrogens (primary N) is 1. The topological polar surface area (TPSA) is 42.9 Å². The molecule has 0 saturated carbocycles. The van der Waals surface area contributed by atoms with Crippen LogP contribution >= 0.6 is 22.6 Å². The van der Waals surface area contributed by atoms with Crippen LogP contribution in [0.1, 0.15) is 25.7 Å². The number of quaternary nitrogens is 1. The second kappa shape index (κ2) is 6.59. The molecule has 4 heteroatoms. The minimum Gasteiger partial charge on any atom is -0.465 e. The zero-order chi connectivity index (χ0) is 9.52. The molecule has 0 aromatic rings. The first-order valence-corrected chi connectivity index (χ1v) is 6.40. The molecule has 0 aromatic heterocycles. The largest absolute Gasteiger partial charge is 0.465 e. The molecule has 3 nitrogen and oxygen atoms in total. The van der Waals surface area contributed by atoms with Crippen LogP contribution in [0.15, 0.2) is 0 Å². The Kier molecular flexibility index (Phi) is 5.70. The summed E-state index contributed by atoms with van der Waals surface area (Å²) >= 11 is 2.03. The fourth-order valence-corrected chi connectivity index (χ4v) is 1.87. The summed E-state index contributed by atoms with van der Waals surface area (Å²) < 4.78 is 5.49. The van der Waals surface area contributed by atoms with Crippen molar-refractivity contribution in [2.75, 3.05) is 17.6 Å². The number of carbonyl (C=O) groups excluding carboxylic acids is 1. The highest BCUT2D eigenvalue weighted by Gasteiger charge is 2.16. The molecule has 1 fully saturated rings. The predicted molar refractivity (Wildman–Crippen MR) is 58.9 cm³/mol. The molecule has 1 unspecified atom stereocenters. The molecule has 0 bridgehead atoms. The second-order valence-corrected chi connectivity index (χ2v) is 4.19. The molecule has 13 heavy (non-hydrogen) atoms. The Balaban J connectivity index is 2.01. The van der Waals surface area contributed by atoms with Crippen molar-refractivity contribution in [3.05, 3.63) is 0 Å². The van der Waals surface area contributed by atoms with E-state index in [2.05, 4.69) is 5.32 Å². The van der Waals surface area contributed by atoms with E-state index in [4.69, 9.17) is 4.74 Å². The Bertz CT molecular complexity index is 158. The van der Waals surface area contributed by atoms with Crippen LogP contribution in [0.2, 0.25) is 0 Å². The van der Waals surface area contributed by atoms with Gasteiger partial charge in [0.1, 0.15) is 0 Å². The van der Waals surface area contributed by atoms with Crippen LogP contribution in [0.5, 0.6) is 0 Å². The van der Waals surface area contributed by atoms with Crippen molar-refractivity contribution < 1.29 is 14.8 Å². The molecule has 0 amide bonds. The molecule has 1 atom stereocenters. The molecule has 2 N–H and O–H groups in total. The summed E-state index contributed by atoms with van der Waals surface area (Å²) in [5.41, 5.74) is 0. The Labute approximate surface area is 92.7 Å². The van der Waals surface area contributed by atoms with Gasteiger partial charge in [-0.2, -0.15) is 0 Å².